The standard InChI is InChI=1S/C22H33NO3/c1-5-6-7-8-9-10-11-12-13-14-15-16-17-18-22(26-21(4)25)19(2)23-20(3)24/h5-7,9-10,12-13,16-17,19,22H,1,8,11,14-15,18H2,2-4H3,(H,23,24)/b7-6+,10-9+,13-12+,17-16+/t19-,22+/m1/s1. The first kappa shape index (κ1) is 23.6. The van der Waals surface area contributed by atoms with E-state index < -0.39 is 0 Å². The highest BCUT2D eigenvalue weighted by atomic mass is 16.5. The van der Waals surface area contributed by atoms with E-state index in [1.165, 1.54) is 13.8 Å². The smallest absolute Gasteiger partial charge is 0.302 e. The summed E-state index contributed by atoms with van der Waals surface area (Å²) in [6.07, 6.45) is 22.5. The summed E-state index contributed by atoms with van der Waals surface area (Å²) < 4.78 is 5.28. The summed E-state index contributed by atoms with van der Waals surface area (Å²) in [6.45, 7) is 8.30. The number of carbonyl (C=O) groups is 2. The maximum Gasteiger partial charge on any atom is 0.302 e. The number of amides is 1. The summed E-state index contributed by atoms with van der Waals surface area (Å²) >= 11 is 0. The second-order valence-corrected chi connectivity index (χ2v) is 6.00. The Bertz CT molecular complexity index is 530. The highest BCUT2D eigenvalue weighted by Gasteiger charge is 2.19. The minimum atomic E-state index is -0.344. The first-order valence-electron chi connectivity index (χ1n) is 9.14. The maximum atomic E-state index is 11.2. The SMILES string of the molecule is C=C/C=C/C/C=C/C/C=C/CC/C=C/C[C@H](OC(C)=O)[C@@H](C)NC(C)=O. The van der Waals surface area contributed by atoms with Crippen LogP contribution >= 0.6 is 0 Å². The molecule has 0 aliphatic rings. The van der Waals surface area contributed by atoms with Crippen molar-refractivity contribution in [2.45, 2.75) is 65.0 Å². The molecule has 26 heavy (non-hydrogen) atoms. The normalized spacial score (nSPS) is 14.3. The van der Waals surface area contributed by atoms with Crippen molar-refractivity contribution in [2.75, 3.05) is 0 Å². The van der Waals surface area contributed by atoms with Crippen molar-refractivity contribution in [1.82, 2.24) is 5.32 Å². The molecular formula is C22H33NO3. The summed E-state index contributed by atoms with van der Waals surface area (Å²) in [7, 11) is 0. The lowest BCUT2D eigenvalue weighted by atomic mass is 10.1. The molecule has 0 aliphatic heterocycles. The van der Waals surface area contributed by atoms with Gasteiger partial charge in [0.25, 0.3) is 0 Å². The van der Waals surface area contributed by atoms with Gasteiger partial charge in [-0.05, 0) is 32.6 Å². The lowest BCUT2D eigenvalue weighted by Gasteiger charge is -2.23. The Morgan fingerprint density at radius 3 is 2.12 bits per heavy atom. The number of unbranched alkanes of at least 4 members (excludes halogenated alkanes) is 1. The predicted molar refractivity (Wildman–Crippen MR) is 109 cm³/mol. The summed E-state index contributed by atoms with van der Waals surface area (Å²) in [5.41, 5.74) is 0. The monoisotopic (exact) mass is 359 g/mol. The molecule has 0 heterocycles. The highest BCUT2D eigenvalue weighted by Crippen LogP contribution is 2.08. The van der Waals surface area contributed by atoms with E-state index in [4.69, 9.17) is 4.74 Å². The number of carbonyl (C=O) groups excluding carboxylic acids is 2. The summed E-state index contributed by atoms with van der Waals surface area (Å²) in [4.78, 5) is 22.3. The van der Waals surface area contributed by atoms with Crippen molar-refractivity contribution >= 4 is 11.9 Å². The number of rotatable bonds is 13. The quantitative estimate of drug-likeness (QED) is 0.222. The molecule has 0 aliphatic carbocycles. The summed E-state index contributed by atoms with van der Waals surface area (Å²) in [6, 6.07) is -0.214. The van der Waals surface area contributed by atoms with Crippen LogP contribution in [0.3, 0.4) is 0 Å². The highest BCUT2D eigenvalue weighted by molar-refractivity contribution is 5.73. The minimum Gasteiger partial charge on any atom is -0.460 e. The second-order valence-electron chi connectivity index (χ2n) is 6.00. The molecule has 1 amide bonds. The molecule has 0 fully saturated rings. The van der Waals surface area contributed by atoms with Crippen LogP contribution in [0, 0.1) is 0 Å². The van der Waals surface area contributed by atoms with Gasteiger partial charge in [-0.2, -0.15) is 0 Å². The molecule has 0 spiro atoms. The topological polar surface area (TPSA) is 55.4 Å². The number of ether oxygens (including phenoxy) is 1. The molecule has 4 nitrogen and oxygen atoms in total. The lowest BCUT2D eigenvalue weighted by molar-refractivity contribution is -0.148. The Hall–Kier alpha value is -2.36. The Balaban J connectivity index is 4.04. The maximum absolute atomic E-state index is 11.2. The van der Waals surface area contributed by atoms with E-state index in [-0.39, 0.29) is 24.0 Å². The van der Waals surface area contributed by atoms with E-state index >= 15 is 0 Å². The van der Waals surface area contributed by atoms with Gasteiger partial charge in [0.2, 0.25) is 5.91 Å². The lowest BCUT2D eigenvalue weighted by Crippen LogP contribution is -2.41. The summed E-state index contributed by atoms with van der Waals surface area (Å²) in [5, 5.41) is 2.77. The van der Waals surface area contributed by atoms with Crippen molar-refractivity contribution in [3.63, 3.8) is 0 Å². The van der Waals surface area contributed by atoms with Crippen LogP contribution in [-0.2, 0) is 14.3 Å². The average Bonchev–Trinajstić information content (AvgIpc) is 2.57. The second kappa shape index (κ2) is 16.1. The fourth-order valence-corrected chi connectivity index (χ4v) is 2.26. The number of esters is 1. The number of allylic oxidation sites excluding steroid dienone is 8. The summed E-state index contributed by atoms with van der Waals surface area (Å²) in [5.74, 6) is -0.467. The average molecular weight is 360 g/mol. The van der Waals surface area contributed by atoms with Gasteiger partial charge in [0.05, 0.1) is 6.04 Å². The molecular weight excluding hydrogens is 326 g/mol. The molecule has 0 unspecified atom stereocenters. The van der Waals surface area contributed by atoms with Crippen LogP contribution in [0.4, 0.5) is 0 Å². The number of hydrogen-bond acceptors (Lipinski definition) is 3. The molecule has 0 saturated carbocycles. The van der Waals surface area contributed by atoms with Gasteiger partial charge in [0.15, 0.2) is 0 Å². The molecule has 0 saturated heterocycles. The molecule has 4 heteroatoms. The fourth-order valence-electron chi connectivity index (χ4n) is 2.26. The van der Waals surface area contributed by atoms with Gasteiger partial charge < -0.3 is 10.1 Å². The zero-order valence-corrected chi connectivity index (χ0v) is 16.3. The van der Waals surface area contributed by atoms with Gasteiger partial charge in [-0.3, -0.25) is 9.59 Å². The van der Waals surface area contributed by atoms with Gasteiger partial charge in [-0.1, -0.05) is 61.3 Å². The number of nitrogens with one attached hydrogen (secondary N) is 1. The van der Waals surface area contributed by atoms with E-state index in [0.717, 1.165) is 25.7 Å². The number of hydrogen-bond donors (Lipinski definition) is 1. The minimum absolute atomic E-state index is 0.130. The fraction of sp³-hybridized carbons (Fsp3) is 0.455. The third-order valence-electron chi connectivity index (χ3n) is 3.49. The van der Waals surface area contributed by atoms with E-state index in [9.17, 15) is 9.59 Å². The molecule has 144 valence electrons. The van der Waals surface area contributed by atoms with Gasteiger partial charge in [-0.15, -0.1) is 0 Å². The molecule has 1 N–H and O–H groups in total. The Morgan fingerprint density at radius 2 is 1.54 bits per heavy atom. The van der Waals surface area contributed by atoms with Crippen molar-refractivity contribution in [1.29, 1.82) is 0 Å². The predicted octanol–water partition coefficient (Wildman–Crippen LogP) is 4.80. The Labute approximate surface area is 158 Å². The van der Waals surface area contributed by atoms with Crippen LogP contribution < -0.4 is 5.32 Å². The van der Waals surface area contributed by atoms with Crippen molar-refractivity contribution in [3.8, 4) is 0 Å². The van der Waals surface area contributed by atoms with E-state index in [1.54, 1.807) is 6.08 Å². The largest absolute Gasteiger partial charge is 0.460 e. The van der Waals surface area contributed by atoms with Crippen LogP contribution in [-0.4, -0.2) is 24.0 Å². The third-order valence-corrected chi connectivity index (χ3v) is 3.49. The van der Waals surface area contributed by atoms with E-state index in [1.807, 2.05) is 19.1 Å². The van der Waals surface area contributed by atoms with Crippen LogP contribution in [0.1, 0.15) is 52.9 Å². The molecule has 2 atom stereocenters. The Morgan fingerprint density at radius 1 is 0.962 bits per heavy atom. The molecule has 0 bridgehead atoms. The van der Waals surface area contributed by atoms with Crippen molar-refractivity contribution < 1.29 is 14.3 Å². The van der Waals surface area contributed by atoms with Gasteiger partial charge in [-0.25, -0.2) is 0 Å². The third kappa shape index (κ3) is 15.2. The van der Waals surface area contributed by atoms with Crippen LogP contribution in [0.15, 0.2) is 61.3 Å². The van der Waals surface area contributed by atoms with Crippen LogP contribution in [0.5, 0.6) is 0 Å². The Kier molecular flexibility index (Phi) is 14.7. The van der Waals surface area contributed by atoms with E-state index in [2.05, 4.69) is 48.4 Å². The molecule has 0 aromatic carbocycles. The zero-order valence-electron chi connectivity index (χ0n) is 16.3. The molecule has 0 aromatic rings. The van der Waals surface area contributed by atoms with Crippen molar-refractivity contribution in [3.05, 3.63) is 61.3 Å². The van der Waals surface area contributed by atoms with E-state index in [0.29, 0.717) is 6.42 Å². The molecule has 0 rings (SSSR count). The van der Waals surface area contributed by atoms with Gasteiger partial charge in [0, 0.05) is 20.3 Å². The van der Waals surface area contributed by atoms with Crippen molar-refractivity contribution in [2.24, 2.45) is 0 Å². The first-order chi connectivity index (χ1) is 12.5. The van der Waals surface area contributed by atoms with Gasteiger partial charge in [0.1, 0.15) is 6.10 Å². The van der Waals surface area contributed by atoms with Crippen LogP contribution in [0.2, 0.25) is 0 Å². The zero-order chi connectivity index (χ0) is 19.6. The van der Waals surface area contributed by atoms with Crippen LogP contribution in [0.25, 0.3) is 0 Å². The van der Waals surface area contributed by atoms with Gasteiger partial charge >= 0.3 is 5.97 Å². The molecule has 0 aromatic heterocycles. The molecule has 0 radical (unpaired) electrons. The first-order valence-corrected chi connectivity index (χ1v) is 9.14.